The Hall–Kier alpha value is -2.34. The van der Waals surface area contributed by atoms with E-state index in [4.69, 9.17) is 4.74 Å². The molecule has 2 N–H and O–H groups in total. The number of urea groups is 1. The van der Waals surface area contributed by atoms with Crippen LogP contribution in [0.3, 0.4) is 0 Å². The molecule has 6 heteroatoms. The number of amides is 2. The lowest BCUT2D eigenvalue weighted by atomic mass is 9.94. The van der Waals surface area contributed by atoms with Crippen molar-refractivity contribution in [2.75, 3.05) is 18.2 Å². The van der Waals surface area contributed by atoms with E-state index in [-0.39, 0.29) is 18.0 Å². The highest BCUT2D eigenvalue weighted by atomic mass is 32.2. The van der Waals surface area contributed by atoms with Gasteiger partial charge in [-0.3, -0.25) is 4.21 Å². The maximum atomic E-state index is 12.2. The summed E-state index contributed by atoms with van der Waals surface area (Å²) in [6.45, 7) is 2.53. The van der Waals surface area contributed by atoms with Crippen LogP contribution in [-0.2, 0) is 10.8 Å². The highest BCUT2D eigenvalue weighted by molar-refractivity contribution is 7.84. The van der Waals surface area contributed by atoms with Gasteiger partial charge in [0.05, 0.1) is 6.61 Å². The quantitative estimate of drug-likeness (QED) is 0.895. The number of nitrogens with one attached hydrogen (secondary N) is 2. The van der Waals surface area contributed by atoms with Crippen LogP contribution in [0.1, 0.15) is 18.4 Å². The molecular formula is C18H20N2O3S. The number of para-hydroxylation sites is 1. The van der Waals surface area contributed by atoms with Gasteiger partial charge in [0.25, 0.3) is 0 Å². The van der Waals surface area contributed by atoms with E-state index in [1.54, 1.807) is 30.5 Å². The van der Waals surface area contributed by atoms with Crippen LogP contribution >= 0.6 is 0 Å². The number of ether oxygens (including phenoxy) is 1. The van der Waals surface area contributed by atoms with Crippen LogP contribution in [0.15, 0.2) is 53.4 Å². The molecule has 0 bridgehead atoms. The predicted molar refractivity (Wildman–Crippen MR) is 95.1 cm³/mol. The van der Waals surface area contributed by atoms with E-state index in [2.05, 4.69) is 10.6 Å². The Labute approximate surface area is 143 Å². The van der Waals surface area contributed by atoms with E-state index in [0.29, 0.717) is 17.2 Å². The zero-order valence-electron chi connectivity index (χ0n) is 13.6. The second-order valence-electron chi connectivity index (χ2n) is 5.82. The summed E-state index contributed by atoms with van der Waals surface area (Å²) in [7, 11) is -1.08. The van der Waals surface area contributed by atoms with Gasteiger partial charge in [-0.1, -0.05) is 24.3 Å². The van der Waals surface area contributed by atoms with Crippen LogP contribution in [0.4, 0.5) is 10.5 Å². The standard InChI is InChI=1S/C18H20N2O3S/c1-12(16-11-23-17-9-4-3-8-15(16)17)19-18(21)20-13-6-5-7-14(10-13)24(2)22/h3-10,12,16H,11H2,1-2H3,(H2,19,20,21)/t12-,16+,24+/m1/s1. The minimum Gasteiger partial charge on any atom is -0.493 e. The van der Waals surface area contributed by atoms with E-state index >= 15 is 0 Å². The number of carbonyl (C=O) groups is 1. The van der Waals surface area contributed by atoms with Gasteiger partial charge >= 0.3 is 6.03 Å². The number of anilines is 1. The summed E-state index contributed by atoms with van der Waals surface area (Å²) in [5.41, 5.74) is 1.74. The molecule has 1 aliphatic heterocycles. The highest BCUT2D eigenvalue weighted by Crippen LogP contribution is 2.35. The topological polar surface area (TPSA) is 67.4 Å². The zero-order valence-corrected chi connectivity index (χ0v) is 14.4. The van der Waals surface area contributed by atoms with Crippen molar-refractivity contribution in [3.8, 4) is 5.75 Å². The molecular weight excluding hydrogens is 324 g/mol. The summed E-state index contributed by atoms with van der Waals surface area (Å²) in [4.78, 5) is 12.9. The molecule has 0 saturated carbocycles. The second kappa shape index (κ2) is 7.05. The molecule has 0 spiro atoms. The summed E-state index contributed by atoms with van der Waals surface area (Å²) < 4.78 is 17.2. The first-order valence-corrected chi connectivity index (χ1v) is 9.33. The number of carbonyl (C=O) groups excluding carboxylic acids is 1. The Morgan fingerprint density at radius 1 is 1.25 bits per heavy atom. The van der Waals surface area contributed by atoms with Crippen LogP contribution in [0, 0.1) is 0 Å². The van der Waals surface area contributed by atoms with Crippen molar-refractivity contribution in [3.05, 3.63) is 54.1 Å². The zero-order chi connectivity index (χ0) is 17.1. The minimum absolute atomic E-state index is 0.0721. The maximum absolute atomic E-state index is 12.2. The number of fused-ring (bicyclic) bond motifs is 1. The molecule has 0 radical (unpaired) electrons. The van der Waals surface area contributed by atoms with Crippen molar-refractivity contribution in [1.29, 1.82) is 0 Å². The van der Waals surface area contributed by atoms with E-state index in [1.807, 2.05) is 31.2 Å². The van der Waals surface area contributed by atoms with Crippen LogP contribution in [-0.4, -0.2) is 29.1 Å². The average Bonchev–Trinajstić information content (AvgIpc) is 2.99. The molecule has 1 heterocycles. The molecule has 0 aromatic heterocycles. The van der Waals surface area contributed by atoms with Gasteiger partial charge in [-0.15, -0.1) is 0 Å². The van der Waals surface area contributed by atoms with Gasteiger partial charge in [0.2, 0.25) is 0 Å². The van der Waals surface area contributed by atoms with E-state index in [9.17, 15) is 9.00 Å². The van der Waals surface area contributed by atoms with Crippen molar-refractivity contribution in [2.45, 2.75) is 23.8 Å². The molecule has 2 amide bonds. The fraction of sp³-hybridized carbons (Fsp3) is 0.278. The summed E-state index contributed by atoms with van der Waals surface area (Å²) in [6, 6.07) is 14.6. The van der Waals surface area contributed by atoms with Crippen LogP contribution in [0.25, 0.3) is 0 Å². The van der Waals surface area contributed by atoms with Crippen molar-refractivity contribution in [2.24, 2.45) is 0 Å². The number of hydrogen-bond donors (Lipinski definition) is 2. The van der Waals surface area contributed by atoms with Gasteiger partial charge in [-0.2, -0.15) is 0 Å². The highest BCUT2D eigenvalue weighted by Gasteiger charge is 2.29. The summed E-state index contributed by atoms with van der Waals surface area (Å²) in [5.74, 6) is 1.01. The molecule has 0 fully saturated rings. The van der Waals surface area contributed by atoms with Gasteiger partial charge in [0.1, 0.15) is 5.75 Å². The van der Waals surface area contributed by atoms with Gasteiger partial charge in [-0.05, 0) is 31.2 Å². The first-order valence-electron chi connectivity index (χ1n) is 7.77. The summed E-state index contributed by atoms with van der Waals surface area (Å²) in [6.07, 6.45) is 1.61. The first kappa shape index (κ1) is 16.5. The molecule has 126 valence electrons. The minimum atomic E-state index is -1.08. The molecule has 5 nitrogen and oxygen atoms in total. The van der Waals surface area contributed by atoms with E-state index < -0.39 is 10.8 Å². The van der Waals surface area contributed by atoms with Gasteiger partial charge in [0.15, 0.2) is 0 Å². The Kier molecular flexibility index (Phi) is 4.85. The van der Waals surface area contributed by atoms with Gasteiger partial charge in [0, 0.05) is 45.2 Å². The molecule has 1 aliphatic rings. The Balaban J connectivity index is 1.63. The van der Waals surface area contributed by atoms with E-state index in [0.717, 1.165) is 11.3 Å². The number of benzene rings is 2. The molecule has 24 heavy (non-hydrogen) atoms. The molecule has 3 atom stereocenters. The molecule has 0 unspecified atom stereocenters. The largest absolute Gasteiger partial charge is 0.493 e. The third-order valence-electron chi connectivity index (χ3n) is 4.12. The first-order chi connectivity index (χ1) is 11.5. The van der Waals surface area contributed by atoms with Crippen molar-refractivity contribution in [1.82, 2.24) is 5.32 Å². The third kappa shape index (κ3) is 3.59. The third-order valence-corrected chi connectivity index (χ3v) is 5.04. The maximum Gasteiger partial charge on any atom is 0.319 e. The fourth-order valence-electron chi connectivity index (χ4n) is 2.83. The van der Waals surface area contributed by atoms with Crippen LogP contribution in [0.2, 0.25) is 0 Å². The molecule has 0 aliphatic carbocycles. The summed E-state index contributed by atoms with van der Waals surface area (Å²) in [5, 5.41) is 5.74. The SMILES string of the molecule is C[C@@H](NC(=O)Nc1cccc([S@](C)=O)c1)[C@@H]1COc2ccccc21. The van der Waals surface area contributed by atoms with Crippen molar-refractivity contribution >= 4 is 22.5 Å². The average molecular weight is 344 g/mol. The number of hydrogen-bond acceptors (Lipinski definition) is 3. The lowest BCUT2D eigenvalue weighted by Gasteiger charge is -2.20. The Morgan fingerprint density at radius 3 is 2.83 bits per heavy atom. The van der Waals surface area contributed by atoms with Gasteiger partial charge in [-0.25, -0.2) is 4.79 Å². The van der Waals surface area contributed by atoms with Crippen molar-refractivity contribution in [3.63, 3.8) is 0 Å². The Bertz CT molecular complexity index is 778. The molecule has 2 aromatic carbocycles. The monoisotopic (exact) mass is 344 g/mol. The summed E-state index contributed by atoms with van der Waals surface area (Å²) >= 11 is 0. The Morgan fingerprint density at radius 2 is 2.04 bits per heavy atom. The van der Waals surface area contributed by atoms with Crippen LogP contribution in [0.5, 0.6) is 5.75 Å². The normalized spacial score (nSPS) is 18.2. The van der Waals surface area contributed by atoms with Crippen LogP contribution < -0.4 is 15.4 Å². The fourth-order valence-corrected chi connectivity index (χ4v) is 3.39. The lowest BCUT2D eigenvalue weighted by Crippen LogP contribution is -2.40. The smallest absolute Gasteiger partial charge is 0.319 e. The van der Waals surface area contributed by atoms with Crippen molar-refractivity contribution < 1.29 is 13.7 Å². The second-order valence-corrected chi connectivity index (χ2v) is 7.20. The van der Waals surface area contributed by atoms with Gasteiger partial charge < -0.3 is 15.4 Å². The van der Waals surface area contributed by atoms with E-state index in [1.165, 1.54) is 0 Å². The molecule has 0 saturated heterocycles. The lowest BCUT2D eigenvalue weighted by molar-refractivity contribution is 0.244. The molecule has 3 rings (SSSR count). The number of rotatable bonds is 4. The molecule has 2 aromatic rings. The predicted octanol–water partition coefficient (Wildman–Crippen LogP) is 3.11.